The summed E-state index contributed by atoms with van der Waals surface area (Å²) in [7, 11) is 4.29. The molecule has 3 heteroatoms. The highest BCUT2D eigenvalue weighted by Gasteiger charge is 2.07. The van der Waals surface area contributed by atoms with Crippen LogP contribution in [0.3, 0.4) is 0 Å². The van der Waals surface area contributed by atoms with Gasteiger partial charge in [0.05, 0.1) is 0 Å². The van der Waals surface area contributed by atoms with Gasteiger partial charge in [0.1, 0.15) is 0 Å². The van der Waals surface area contributed by atoms with E-state index in [0.717, 1.165) is 0 Å². The fourth-order valence-electron chi connectivity index (χ4n) is 1.70. The summed E-state index contributed by atoms with van der Waals surface area (Å²) >= 11 is 0. The molecule has 78 valence electrons. The fraction of sp³-hybridized carbons (Fsp3) is 1.00. The van der Waals surface area contributed by atoms with Crippen LogP contribution in [-0.4, -0.2) is 63.2 Å². The van der Waals surface area contributed by atoms with Crippen molar-refractivity contribution in [1.82, 2.24) is 15.1 Å². The summed E-state index contributed by atoms with van der Waals surface area (Å²) in [5.74, 6) is 0. The largest absolute Gasteiger partial charge is 0.314 e. The molecule has 0 spiro atoms. The first kappa shape index (κ1) is 11.0. The van der Waals surface area contributed by atoms with Crippen LogP contribution in [0.1, 0.15) is 12.8 Å². The van der Waals surface area contributed by atoms with Crippen molar-refractivity contribution in [3.8, 4) is 0 Å². The summed E-state index contributed by atoms with van der Waals surface area (Å²) < 4.78 is 0. The molecule has 1 fully saturated rings. The highest BCUT2D eigenvalue weighted by molar-refractivity contribution is 4.67. The third-order valence-corrected chi connectivity index (χ3v) is 2.54. The summed E-state index contributed by atoms with van der Waals surface area (Å²) in [6.45, 7) is 7.34. The van der Waals surface area contributed by atoms with E-state index >= 15 is 0 Å². The first-order valence-electron chi connectivity index (χ1n) is 5.37. The Labute approximate surface area is 82.1 Å². The predicted molar refractivity (Wildman–Crippen MR) is 57.1 cm³/mol. The first-order valence-corrected chi connectivity index (χ1v) is 5.37. The highest BCUT2D eigenvalue weighted by Crippen LogP contribution is 1.97. The summed E-state index contributed by atoms with van der Waals surface area (Å²) in [4.78, 5) is 4.82. The molecule has 1 saturated heterocycles. The van der Waals surface area contributed by atoms with E-state index in [2.05, 4.69) is 29.2 Å². The number of hydrogen-bond acceptors (Lipinski definition) is 3. The SMILES string of the molecule is CN(C)CCCCN1CCNCC1. The van der Waals surface area contributed by atoms with Gasteiger partial charge in [0.15, 0.2) is 0 Å². The zero-order valence-electron chi connectivity index (χ0n) is 9.05. The Hall–Kier alpha value is -0.120. The van der Waals surface area contributed by atoms with Crippen LogP contribution in [-0.2, 0) is 0 Å². The van der Waals surface area contributed by atoms with Crippen molar-refractivity contribution in [1.29, 1.82) is 0 Å². The summed E-state index contributed by atoms with van der Waals surface area (Å²) in [6.07, 6.45) is 2.68. The Kier molecular flexibility index (Phi) is 5.35. The molecule has 13 heavy (non-hydrogen) atoms. The third kappa shape index (κ3) is 5.24. The average molecular weight is 185 g/mol. The predicted octanol–water partition coefficient (Wildman–Crippen LogP) is 0.233. The van der Waals surface area contributed by atoms with E-state index in [1.807, 2.05) is 0 Å². The smallest absolute Gasteiger partial charge is 0.0107 e. The Morgan fingerprint density at radius 2 is 1.85 bits per heavy atom. The standard InChI is InChI=1S/C10H23N3/c1-12(2)7-3-4-8-13-9-5-11-6-10-13/h11H,3-10H2,1-2H3. The molecule has 1 rings (SSSR count). The van der Waals surface area contributed by atoms with Gasteiger partial charge in [0, 0.05) is 26.2 Å². The quantitative estimate of drug-likeness (QED) is 0.619. The maximum Gasteiger partial charge on any atom is 0.0107 e. The number of nitrogens with one attached hydrogen (secondary N) is 1. The van der Waals surface area contributed by atoms with Crippen molar-refractivity contribution in [2.24, 2.45) is 0 Å². The molecule has 0 atom stereocenters. The molecule has 0 aromatic heterocycles. The number of nitrogens with zero attached hydrogens (tertiary/aromatic N) is 2. The van der Waals surface area contributed by atoms with Crippen LogP contribution >= 0.6 is 0 Å². The molecule has 3 nitrogen and oxygen atoms in total. The lowest BCUT2D eigenvalue weighted by molar-refractivity contribution is 0.233. The average Bonchev–Trinajstić information content (AvgIpc) is 2.14. The second-order valence-electron chi connectivity index (χ2n) is 4.10. The summed E-state index contributed by atoms with van der Waals surface area (Å²) in [5.41, 5.74) is 0. The van der Waals surface area contributed by atoms with Crippen molar-refractivity contribution in [3.05, 3.63) is 0 Å². The van der Waals surface area contributed by atoms with Gasteiger partial charge < -0.3 is 15.1 Å². The van der Waals surface area contributed by atoms with Crippen LogP contribution in [0.25, 0.3) is 0 Å². The van der Waals surface area contributed by atoms with Gasteiger partial charge in [-0.1, -0.05) is 0 Å². The van der Waals surface area contributed by atoms with Gasteiger partial charge in [-0.2, -0.15) is 0 Å². The van der Waals surface area contributed by atoms with Crippen LogP contribution in [0.4, 0.5) is 0 Å². The third-order valence-electron chi connectivity index (χ3n) is 2.54. The van der Waals surface area contributed by atoms with Crippen LogP contribution in [0.2, 0.25) is 0 Å². The van der Waals surface area contributed by atoms with Gasteiger partial charge in [-0.05, 0) is 40.0 Å². The summed E-state index contributed by atoms with van der Waals surface area (Å²) in [6, 6.07) is 0. The monoisotopic (exact) mass is 185 g/mol. The number of hydrogen-bond donors (Lipinski definition) is 1. The van der Waals surface area contributed by atoms with Crippen LogP contribution in [0.15, 0.2) is 0 Å². The van der Waals surface area contributed by atoms with E-state index < -0.39 is 0 Å². The van der Waals surface area contributed by atoms with E-state index in [0.29, 0.717) is 0 Å². The minimum absolute atomic E-state index is 1.17. The van der Waals surface area contributed by atoms with Crippen LogP contribution in [0, 0.1) is 0 Å². The van der Waals surface area contributed by atoms with Crippen molar-refractivity contribution in [2.75, 3.05) is 53.4 Å². The zero-order chi connectivity index (χ0) is 9.52. The molecular formula is C10H23N3. The molecule has 0 unspecified atom stereocenters. The van der Waals surface area contributed by atoms with Gasteiger partial charge in [-0.3, -0.25) is 0 Å². The molecule has 1 N–H and O–H groups in total. The van der Waals surface area contributed by atoms with Gasteiger partial charge >= 0.3 is 0 Å². The lowest BCUT2D eigenvalue weighted by atomic mass is 10.2. The van der Waals surface area contributed by atoms with Crippen molar-refractivity contribution in [3.63, 3.8) is 0 Å². The molecule has 0 aromatic carbocycles. The van der Waals surface area contributed by atoms with Gasteiger partial charge in [-0.15, -0.1) is 0 Å². The topological polar surface area (TPSA) is 18.5 Å². The van der Waals surface area contributed by atoms with Crippen molar-refractivity contribution in [2.45, 2.75) is 12.8 Å². The van der Waals surface area contributed by atoms with Crippen molar-refractivity contribution < 1.29 is 0 Å². The molecule has 0 saturated carbocycles. The van der Waals surface area contributed by atoms with E-state index in [9.17, 15) is 0 Å². The van der Waals surface area contributed by atoms with Crippen LogP contribution in [0.5, 0.6) is 0 Å². The number of rotatable bonds is 5. The maximum atomic E-state index is 3.37. The van der Waals surface area contributed by atoms with E-state index in [4.69, 9.17) is 0 Å². The minimum Gasteiger partial charge on any atom is -0.314 e. The molecule has 1 aliphatic heterocycles. The highest BCUT2D eigenvalue weighted by atomic mass is 15.2. The summed E-state index contributed by atoms with van der Waals surface area (Å²) in [5, 5.41) is 3.37. The van der Waals surface area contributed by atoms with Crippen LogP contribution < -0.4 is 5.32 Å². The van der Waals surface area contributed by atoms with Crippen molar-refractivity contribution >= 4 is 0 Å². The molecule has 1 heterocycles. The zero-order valence-corrected chi connectivity index (χ0v) is 9.05. The molecule has 1 aliphatic rings. The normalized spacial score (nSPS) is 19.6. The van der Waals surface area contributed by atoms with E-state index in [-0.39, 0.29) is 0 Å². The maximum absolute atomic E-state index is 3.37. The molecule has 0 aliphatic carbocycles. The Morgan fingerprint density at radius 1 is 1.15 bits per heavy atom. The second-order valence-corrected chi connectivity index (χ2v) is 4.10. The fourth-order valence-corrected chi connectivity index (χ4v) is 1.70. The second kappa shape index (κ2) is 6.35. The minimum atomic E-state index is 1.17. The Morgan fingerprint density at radius 3 is 2.46 bits per heavy atom. The molecule has 0 amide bonds. The lowest BCUT2D eigenvalue weighted by Gasteiger charge is -2.27. The first-order chi connectivity index (χ1) is 6.29. The lowest BCUT2D eigenvalue weighted by Crippen LogP contribution is -2.43. The number of unbranched alkanes of at least 4 members (excludes halogenated alkanes) is 1. The van der Waals surface area contributed by atoms with Gasteiger partial charge in [-0.25, -0.2) is 0 Å². The van der Waals surface area contributed by atoms with E-state index in [1.54, 1.807) is 0 Å². The van der Waals surface area contributed by atoms with Gasteiger partial charge in [0.25, 0.3) is 0 Å². The van der Waals surface area contributed by atoms with E-state index in [1.165, 1.54) is 52.1 Å². The molecular weight excluding hydrogens is 162 g/mol. The molecule has 0 aromatic rings. The molecule has 0 bridgehead atoms. The van der Waals surface area contributed by atoms with Gasteiger partial charge in [0.2, 0.25) is 0 Å². The Bertz CT molecular complexity index is 119. The number of piperazine rings is 1. The Balaban J connectivity index is 1.92. The molecule has 0 radical (unpaired) electrons.